The lowest BCUT2D eigenvalue weighted by molar-refractivity contribution is -0.128. The average molecular weight is 295 g/mol. The van der Waals surface area contributed by atoms with Crippen molar-refractivity contribution in [1.82, 2.24) is 20.1 Å². The predicted molar refractivity (Wildman–Crippen MR) is 79.8 cm³/mol. The molecule has 1 heterocycles. The second-order valence-electron chi connectivity index (χ2n) is 5.38. The highest BCUT2D eigenvalue weighted by molar-refractivity contribution is 7.80. The molecule has 0 bridgehead atoms. The van der Waals surface area contributed by atoms with E-state index in [0.717, 1.165) is 38.5 Å². The molecular formula is C13H21N5OS. The van der Waals surface area contributed by atoms with Crippen molar-refractivity contribution >= 4 is 23.1 Å². The van der Waals surface area contributed by atoms with Gasteiger partial charge in [0.05, 0.1) is 16.9 Å². The lowest BCUT2D eigenvalue weighted by Crippen LogP contribution is -2.48. The summed E-state index contributed by atoms with van der Waals surface area (Å²) in [5.41, 5.74) is 5.19. The molecule has 6 nitrogen and oxygen atoms in total. The van der Waals surface area contributed by atoms with Crippen LogP contribution in [-0.4, -0.2) is 25.7 Å². The first-order chi connectivity index (χ1) is 9.54. The Morgan fingerprint density at radius 1 is 1.45 bits per heavy atom. The summed E-state index contributed by atoms with van der Waals surface area (Å²) in [6.07, 6.45) is 7.35. The van der Waals surface area contributed by atoms with Crippen molar-refractivity contribution in [2.45, 2.75) is 45.1 Å². The fourth-order valence-electron chi connectivity index (χ4n) is 2.71. The van der Waals surface area contributed by atoms with Crippen LogP contribution in [0, 0.1) is 5.41 Å². The fraction of sp³-hybridized carbons (Fsp3) is 0.692. The first kappa shape index (κ1) is 14.9. The van der Waals surface area contributed by atoms with Crippen LogP contribution in [-0.2, 0) is 18.4 Å². The third-order valence-corrected chi connectivity index (χ3v) is 4.31. The molecule has 0 aromatic carbocycles. The van der Waals surface area contributed by atoms with Gasteiger partial charge in [-0.05, 0) is 12.8 Å². The third-order valence-electron chi connectivity index (χ3n) is 3.92. The minimum Gasteiger partial charge on any atom is -0.392 e. The SMILES string of the molecule is Cn1cnc(CNC(=O)C2(C(N)=S)CCCCCC2)n1. The number of nitrogens with zero attached hydrogens (tertiary/aromatic N) is 3. The Kier molecular flexibility index (Phi) is 4.69. The van der Waals surface area contributed by atoms with E-state index in [-0.39, 0.29) is 5.91 Å². The van der Waals surface area contributed by atoms with Crippen molar-refractivity contribution in [3.05, 3.63) is 12.2 Å². The molecule has 2 rings (SSSR count). The number of carbonyl (C=O) groups is 1. The van der Waals surface area contributed by atoms with Crippen molar-refractivity contribution in [3.8, 4) is 0 Å². The maximum Gasteiger partial charge on any atom is 0.233 e. The number of amides is 1. The molecule has 0 radical (unpaired) electrons. The summed E-state index contributed by atoms with van der Waals surface area (Å²) in [5, 5.41) is 7.03. The molecule has 0 atom stereocenters. The molecule has 1 amide bonds. The van der Waals surface area contributed by atoms with E-state index >= 15 is 0 Å². The van der Waals surface area contributed by atoms with Crippen molar-refractivity contribution in [2.24, 2.45) is 18.2 Å². The number of nitrogens with two attached hydrogens (primary N) is 1. The summed E-state index contributed by atoms with van der Waals surface area (Å²) in [5.74, 6) is 0.506. The van der Waals surface area contributed by atoms with Gasteiger partial charge >= 0.3 is 0 Å². The van der Waals surface area contributed by atoms with Crippen LogP contribution in [0.1, 0.15) is 44.3 Å². The van der Waals surface area contributed by atoms with Crippen LogP contribution in [0.4, 0.5) is 0 Å². The smallest absolute Gasteiger partial charge is 0.233 e. The second kappa shape index (κ2) is 6.30. The van der Waals surface area contributed by atoms with Crippen LogP contribution < -0.4 is 11.1 Å². The maximum absolute atomic E-state index is 12.6. The van der Waals surface area contributed by atoms with Crippen LogP contribution in [0.25, 0.3) is 0 Å². The van der Waals surface area contributed by atoms with Crippen LogP contribution in [0.15, 0.2) is 6.33 Å². The number of hydrogen-bond donors (Lipinski definition) is 2. The lowest BCUT2D eigenvalue weighted by atomic mass is 9.79. The number of rotatable bonds is 4. The number of hydrogen-bond acceptors (Lipinski definition) is 4. The van der Waals surface area contributed by atoms with Gasteiger partial charge in [-0.15, -0.1) is 0 Å². The molecule has 1 aliphatic carbocycles. The molecule has 1 aromatic heterocycles. The summed E-state index contributed by atoms with van der Waals surface area (Å²) in [6.45, 7) is 0.310. The quantitative estimate of drug-likeness (QED) is 0.641. The molecule has 110 valence electrons. The molecule has 1 aliphatic rings. The Labute approximate surface area is 124 Å². The minimum absolute atomic E-state index is 0.0839. The predicted octanol–water partition coefficient (Wildman–Crippen LogP) is 1.06. The highest BCUT2D eigenvalue weighted by atomic mass is 32.1. The summed E-state index contributed by atoms with van der Waals surface area (Å²) in [4.78, 5) is 17.0. The summed E-state index contributed by atoms with van der Waals surface area (Å²) in [6, 6.07) is 0. The Morgan fingerprint density at radius 2 is 2.10 bits per heavy atom. The highest BCUT2D eigenvalue weighted by Crippen LogP contribution is 2.35. The van der Waals surface area contributed by atoms with Crippen LogP contribution in [0.2, 0.25) is 0 Å². The van der Waals surface area contributed by atoms with Gasteiger partial charge in [0.2, 0.25) is 5.91 Å². The molecule has 3 N–H and O–H groups in total. The topological polar surface area (TPSA) is 85.8 Å². The van der Waals surface area contributed by atoms with E-state index in [4.69, 9.17) is 18.0 Å². The van der Waals surface area contributed by atoms with E-state index in [1.54, 1.807) is 18.1 Å². The van der Waals surface area contributed by atoms with Crippen molar-refractivity contribution in [2.75, 3.05) is 0 Å². The van der Waals surface area contributed by atoms with E-state index < -0.39 is 5.41 Å². The molecule has 0 saturated heterocycles. The molecule has 1 fully saturated rings. The van der Waals surface area contributed by atoms with Gasteiger partial charge in [0.15, 0.2) is 5.82 Å². The number of aryl methyl sites for hydroxylation is 1. The normalized spacial score (nSPS) is 18.2. The summed E-state index contributed by atoms with van der Waals surface area (Å²) in [7, 11) is 1.79. The molecule has 0 spiro atoms. The zero-order valence-electron chi connectivity index (χ0n) is 11.8. The number of thiocarbonyl (C=S) groups is 1. The van der Waals surface area contributed by atoms with Crippen molar-refractivity contribution in [3.63, 3.8) is 0 Å². The van der Waals surface area contributed by atoms with Gasteiger partial charge in [0, 0.05) is 7.05 Å². The molecule has 1 saturated carbocycles. The van der Waals surface area contributed by atoms with Crippen molar-refractivity contribution < 1.29 is 4.79 Å². The Balaban J connectivity index is 2.05. The van der Waals surface area contributed by atoms with Gasteiger partial charge in [-0.3, -0.25) is 9.48 Å². The van der Waals surface area contributed by atoms with Crippen molar-refractivity contribution in [1.29, 1.82) is 0 Å². The monoisotopic (exact) mass is 295 g/mol. The minimum atomic E-state index is -0.694. The lowest BCUT2D eigenvalue weighted by Gasteiger charge is -2.29. The van der Waals surface area contributed by atoms with Crippen LogP contribution >= 0.6 is 12.2 Å². The van der Waals surface area contributed by atoms with Crippen LogP contribution in [0.5, 0.6) is 0 Å². The highest BCUT2D eigenvalue weighted by Gasteiger charge is 2.41. The number of aromatic nitrogens is 3. The Bertz CT molecular complexity index is 491. The first-order valence-electron chi connectivity index (χ1n) is 6.97. The Hall–Kier alpha value is -1.50. The fourth-order valence-corrected chi connectivity index (χ4v) is 3.01. The van der Waals surface area contributed by atoms with E-state index in [2.05, 4.69) is 15.4 Å². The second-order valence-corrected chi connectivity index (χ2v) is 5.82. The maximum atomic E-state index is 12.6. The molecule has 1 aromatic rings. The average Bonchev–Trinajstić information content (AvgIpc) is 2.68. The summed E-state index contributed by atoms with van der Waals surface area (Å²) < 4.78 is 1.61. The number of carbonyl (C=O) groups excluding carboxylic acids is 1. The van der Waals surface area contributed by atoms with Gasteiger partial charge < -0.3 is 11.1 Å². The van der Waals surface area contributed by atoms with E-state index in [0.29, 0.717) is 17.4 Å². The van der Waals surface area contributed by atoms with Gasteiger partial charge in [0.25, 0.3) is 0 Å². The number of nitrogens with one attached hydrogen (secondary N) is 1. The largest absolute Gasteiger partial charge is 0.392 e. The first-order valence-corrected chi connectivity index (χ1v) is 7.38. The standard InChI is InChI=1S/C13H21N5OS/c1-18-9-16-10(17-18)8-15-12(19)13(11(14)20)6-4-2-3-5-7-13/h9H,2-8H2,1H3,(H2,14,20)(H,15,19). The van der Waals surface area contributed by atoms with Gasteiger partial charge in [0.1, 0.15) is 6.33 Å². The summed E-state index contributed by atoms with van der Waals surface area (Å²) >= 11 is 5.18. The zero-order valence-corrected chi connectivity index (χ0v) is 12.6. The van der Waals surface area contributed by atoms with E-state index in [1.165, 1.54) is 0 Å². The van der Waals surface area contributed by atoms with Gasteiger partial charge in [-0.2, -0.15) is 5.10 Å². The van der Waals surface area contributed by atoms with Gasteiger partial charge in [-0.25, -0.2) is 4.98 Å². The molecule has 7 heteroatoms. The molecular weight excluding hydrogens is 274 g/mol. The molecule has 0 unspecified atom stereocenters. The molecule has 20 heavy (non-hydrogen) atoms. The molecule has 0 aliphatic heterocycles. The third kappa shape index (κ3) is 3.15. The van der Waals surface area contributed by atoms with Gasteiger partial charge in [-0.1, -0.05) is 37.9 Å². The van der Waals surface area contributed by atoms with E-state index in [9.17, 15) is 4.79 Å². The van der Waals surface area contributed by atoms with E-state index in [1.807, 2.05) is 0 Å². The zero-order chi connectivity index (χ0) is 14.6. The van der Waals surface area contributed by atoms with Crippen LogP contribution in [0.3, 0.4) is 0 Å². The Morgan fingerprint density at radius 3 is 2.60 bits per heavy atom.